The molecular weight excluding hydrogens is 280 g/mol. The molecular formula is C17H14N2O3. The smallest absolute Gasteiger partial charge is 0.276 e. The Hall–Kier alpha value is -3.08. The van der Waals surface area contributed by atoms with Gasteiger partial charge < -0.3 is 15.4 Å². The molecule has 3 aromatic rings. The molecule has 3 N–H and O–H groups in total. The molecule has 5 nitrogen and oxygen atoms in total. The van der Waals surface area contributed by atoms with E-state index in [1.165, 1.54) is 0 Å². The number of aryl methyl sites for hydroxylation is 1. The third-order valence-electron chi connectivity index (χ3n) is 3.41. The summed E-state index contributed by atoms with van der Waals surface area (Å²) in [5.74, 6) is -0.680. The monoisotopic (exact) mass is 294 g/mol. The average molecular weight is 294 g/mol. The van der Waals surface area contributed by atoms with E-state index in [0.717, 1.165) is 5.56 Å². The van der Waals surface area contributed by atoms with Crippen molar-refractivity contribution >= 4 is 22.5 Å². The second-order valence-electron chi connectivity index (χ2n) is 5.05. The minimum atomic E-state index is -0.544. The highest BCUT2D eigenvalue weighted by Gasteiger charge is 2.15. The number of rotatable bonds is 2. The number of anilines is 1. The van der Waals surface area contributed by atoms with Gasteiger partial charge in [-0.3, -0.25) is 9.59 Å². The number of carbonyl (C=O) groups excluding carboxylic acids is 1. The number of aromatic amines is 1. The van der Waals surface area contributed by atoms with Gasteiger partial charge in [0.2, 0.25) is 0 Å². The van der Waals surface area contributed by atoms with Gasteiger partial charge in [-0.05, 0) is 31.2 Å². The Kier molecular flexibility index (Phi) is 3.39. The van der Waals surface area contributed by atoms with Crippen molar-refractivity contribution < 1.29 is 9.90 Å². The Morgan fingerprint density at radius 1 is 1.14 bits per heavy atom. The van der Waals surface area contributed by atoms with Crippen LogP contribution in [0.4, 0.5) is 5.69 Å². The molecule has 0 atom stereocenters. The maximum Gasteiger partial charge on any atom is 0.276 e. The summed E-state index contributed by atoms with van der Waals surface area (Å²) in [7, 11) is 0. The van der Waals surface area contributed by atoms with Gasteiger partial charge in [-0.25, -0.2) is 0 Å². The fraction of sp³-hybridized carbons (Fsp3) is 0.0588. The van der Waals surface area contributed by atoms with E-state index < -0.39 is 11.5 Å². The van der Waals surface area contributed by atoms with Crippen LogP contribution in [0.5, 0.6) is 5.75 Å². The molecule has 3 rings (SSSR count). The molecule has 0 saturated heterocycles. The molecule has 0 aliphatic rings. The lowest BCUT2D eigenvalue weighted by molar-refractivity contribution is 0.102. The van der Waals surface area contributed by atoms with Crippen molar-refractivity contribution in [2.24, 2.45) is 0 Å². The Labute approximate surface area is 126 Å². The van der Waals surface area contributed by atoms with Gasteiger partial charge in [-0.15, -0.1) is 0 Å². The van der Waals surface area contributed by atoms with Crippen molar-refractivity contribution in [3.63, 3.8) is 0 Å². The van der Waals surface area contributed by atoms with Gasteiger partial charge >= 0.3 is 0 Å². The quantitative estimate of drug-likeness (QED) is 0.679. The highest BCUT2D eigenvalue weighted by atomic mass is 16.3. The number of aromatic nitrogens is 1. The summed E-state index contributed by atoms with van der Waals surface area (Å²) < 4.78 is 0. The van der Waals surface area contributed by atoms with Crippen molar-refractivity contribution in [1.29, 1.82) is 0 Å². The van der Waals surface area contributed by atoms with Crippen LogP contribution in [0.2, 0.25) is 0 Å². The first-order chi connectivity index (χ1) is 10.6. The normalized spacial score (nSPS) is 10.6. The SMILES string of the molecule is Cc1cccc(C(=O)Nc2c(O)c3ccccc3[nH]c2=O)c1. The van der Waals surface area contributed by atoms with E-state index in [2.05, 4.69) is 10.3 Å². The van der Waals surface area contributed by atoms with Crippen LogP contribution in [0.25, 0.3) is 10.9 Å². The van der Waals surface area contributed by atoms with Gasteiger partial charge in [0.25, 0.3) is 11.5 Å². The summed E-state index contributed by atoms with van der Waals surface area (Å²) in [6.07, 6.45) is 0. The van der Waals surface area contributed by atoms with Crippen molar-refractivity contribution in [2.45, 2.75) is 6.92 Å². The largest absolute Gasteiger partial charge is 0.505 e. The van der Waals surface area contributed by atoms with Gasteiger partial charge in [0.1, 0.15) is 0 Å². The summed E-state index contributed by atoms with van der Waals surface area (Å²) in [6, 6.07) is 13.8. The first-order valence-corrected chi connectivity index (χ1v) is 6.78. The number of amides is 1. The van der Waals surface area contributed by atoms with Gasteiger partial charge in [0.15, 0.2) is 11.4 Å². The van der Waals surface area contributed by atoms with Gasteiger partial charge in [0, 0.05) is 10.9 Å². The van der Waals surface area contributed by atoms with Crippen molar-refractivity contribution in [2.75, 3.05) is 5.32 Å². The van der Waals surface area contributed by atoms with Crippen LogP contribution in [0, 0.1) is 6.92 Å². The summed E-state index contributed by atoms with van der Waals surface area (Å²) in [4.78, 5) is 26.9. The highest BCUT2D eigenvalue weighted by molar-refractivity contribution is 6.06. The first-order valence-electron chi connectivity index (χ1n) is 6.78. The molecule has 5 heteroatoms. The zero-order valence-corrected chi connectivity index (χ0v) is 11.9. The van der Waals surface area contributed by atoms with Crippen LogP contribution in [0.15, 0.2) is 53.3 Å². The number of carbonyl (C=O) groups is 1. The molecule has 1 heterocycles. The number of aromatic hydroxyl groups is 1. The van der Waals surface area contributed by atoms with E-state index in [4.69, 9.17) is 0 Å². The van der Waals surface area contributed by atoms with Crippen molar-refractivity contribution in [1.82, 2.24) is 4.98 Å². The van der Waals surface area contributed by atoms with Gasteiger partial charge in [-0.2, -0.15) is 0 Å². The molecule has 0 saturated carbocycles. The average Bonchev–Trinajstić information content (AvgIpc) is 2.51. The molecule has 0 bridgehead atoms. The second kappa shape index (κ2) is 5.37. The van der Waals surface area contributed by atoms with Crippen LogP contribution >= 0.6 is 0 Å². The van der Waals surface area contributed by atoms with Gasteiger partial charge in [-0.1, -0.05) is 29.8 Å². The Balaban J connectivity index is 2.04. The van der Waals surface area contributed by atoms with E-state index in [1.54, 1.807) is 42.5 Å². The second-order valence-corrected chi connectivity index (χ2v) is 5.05. The van der Waals surface area contributed by atoms with E-state index in [0.29, 0.717) is 16.5 Å². The fourth-order valence-corrected chi connectivity index (χ4v) is 2.31. The maximum absolute atomic E-state index is 12.2. The van der Waals surface area contributed by atoms with Crippen molar-refractivity contribution in [3.8, 4) is 5.75 Å². The van der Waals surface area contributed by atoms with E-state index >= 15 is 0 Å². The molecule has 0 aliphatic carbocycles. The maximum atomic E-state index is 12.2. The van der Waals surface area contributed by atoms with Crippen molar-refractivity contribution in [3.05, 3.63) is 70.0 Å². The molecule has 0 radical (unpaired) electrons. The predicted octanol–water partition coefficient (Wildman–Crippen LogP) is 2.79. The van der Waals surface area contributed by atoms with Crippen LogP contribution in [0.3, 0.4) is 0 Å². The third kappa shape index (κ3) is 2.44. The fourth-order valence-electron chi connectivity index (χ4n) is 2.31. The number of H-pyrrole nitrogens is 1. The Morgan fingerprint density at radius 2 is 1.91 bits per heavy atom. The molecule has 0 aliphatic heterocycles. The number of benzene rings is 2. The molecule has 2 aromatic carbocycles. The Morgan fingerprint density at radius 3 is 2.68 bits per heavy atom. The predicted molar refractivity (Wildman–Crippen MR) is 85.4 cm³/mol. The number of para-hydroxylation sites is 1. The molecule has 110 valence electrons. The highest BCUT2D eigenvalue weighted by Crippen LogP contribution is 2.28. The molecule has 0 spiro atoms. The number of nitrogens with one attached hydrogen (secondary N) is 2. The third-order valence-corrected chi connectivity index (χ3v) is 3.41. The topological polar surface area (TPSA) is 82.2 Å². The molecule has 1 amide bonds. The minimum Gasteiger partial charge on any atom is -0.505 e. The number of hydrogen-bond acceptors (Lipinski definition) is 3. The minimum absolute atomic E-state index is 0.148. The molecule has 1 aromatic heterocycles. The van der Waals surface area contributed by atoms with E-state index in [9.17, 15) is 14.7 Å². The van der Waals surface area contributed by atoms with E-state index in [-0.39, 0.29) is 11.4 Å². The number of pyridine rings is 1. The lowest BCUT2D eigenvalue weighted by Gasteiger charge is -2.09. The van der Waals surface area contributed by atoms with Gasteiger partial charge in [0.05, 0.1) is 5.52 Å². The number of fused-ring (bicyclic) bond motifs is 1. The van der Waals surface area contributed by atoms with Crippen LogP contribution in [0.1, 0.15) is 15.9 Å². The summed E-state index contributed by atoms with van der Waals surface area (Å²) in [5, 5.41) is 13.2. The zero-order chi connectivity index (χ0) is 15.7. The standard InChI is InChI=1S/C17H14N2O3/c1-10-5-4-6-11(9-10)16(21)19-14-15(20)12-7-2-3-8-13(12)18-17(14)22/h2-9H,1H3,(H,19,21)(H2,18,20,22). The number of hydrogen-bond donors (Lipinski definition) is 3. The summed E-state index contributed by atoms with van der Waals surface area (Å²) >= 11 is 0. The van der Waals surface area contributed by atoms with Crippen LogP contribution < -0.4 is 10.9 Å². The molecule has 0 fully saturated rings. The first kappa shape index (κ1) is 13.9. The summed E-state index contributed by atoms with van der Waals surface area (Å²) in [5.41, 5.74) is 1.18. The molecule has 22 heavy (non-hydrogen) atoms. The lowest BCUT2D eigenvalue weighted by Crippen LogP contribution is -2.20. The van der Waals surface area contributed by atoms with E-state index in [1.807, 2.05) is 13.0 Å². The summed E-state index contributed by atoms with van der Waals surface area (Å²) in [6.45, 7) is 1.87. The molecule has 0 unspecified atom stereocenters. The van der Waals surface area contributed by atoms with Crippen LogP contribution in [-0.4, -0.2) is 16.0 Å². The lowest BCUT2D eigenvalue weighted by atomic mass is 10.1. The Bertz CT molecular complexity index is 929. The zero-order valence-electron chi connectivity index (χ0n) is 11.9. The van der Waals surface area contributed by atoms with Crippen LogP contribution in [-0.2, 0) is 0 Å².